The number of nitrogens with one attached hydrogen (secondary N) is 1. The fourth-order valence-electron chi connectivity index (χ4n) is 2.43. The van der Waals surface area contributed by atoms with E-state index < -0.39 is 18.6 Å². The highest BCUT2D eigenvalue weighted by atomic mass is 19.4. The Morgan fingerprint density at radius 1 is 1.41 bits per heavy atom. The molecule has 0 saturated carbocycles. The molecule has 2 unspecified atom stereocenters. The van der Waals surface area contributed by atoms with Crippen molar-refractivity contribution in [2.75, 3.05) is 19.6 Å². The lowest BCUT2D eigenvalue weighted by Crippen LogP contribution is -2.43. The lowest BCUT2D eigenvalue weighted by atomic mass is 10.1. The third-order valence-electron chi connectivity index (χ3n) is 3.30. The second-order valence-corrected chi connectivity index (χ2v) is 4.96. The van der Waals surface area contributed by atoms with Crippen LogP contribution in [0.4, 0.5) is 13.2 Å². The van der Waals surface area contributed by atoms with Crippen LogP contribution in [0.2, 0.25) is 0 Å². The van der Waals surface area contributed by atoms with Crippen molar-refractivity contribution in [2.45, 2.75) is 57.8 Å². The molecule has 1 rings (SSSR count). The van der Waals surface area contributed by atoms with Gasteiger partial charge in [-0.25, -0.2) is 0 Å². The van der Waals surface area contributed by atoms with E-state index >= 15 is 0 Å². The van der Waals surface area contributed by atoms with E-state index in [1.165, 1.54) is 0 Å². The minimum atomic E-state index is -4.06. The molecule has 0 aliphatic carbocycles. The first kappa shape index (κ1) is 14.8. The molecule has 0 aromatic rings. The SMILES string of the molecule is CCCC1CN(C(C)CC(F)(F)F)CCCN1. The molecule has 0 bridgehead atoms. The molecule has 2 atom stereocenters. The summed E-state index contributed by atoms with van der Waals surface area (Å²) in [5, 5.41) is 3.41. The van der Waals surface area contributed by atoms with Gasteiger partial charge in [0.1, 0.15) is 0 Å². The van der Waals surface area contributed by atoms with E-state index in [0.717, 1.165) is 38.9 Å². The van der Waals surface area contributed by atoms with Crippen LogP contribution in [0.15, 0.2) is 0 Å². The van der Waals surface area contributed by atoms with Crippen LogP contribution in [0.25, 0.3) is 0 Å². The molecule has 1 N–H and O–H groups in total. The predicted molar refractivity (Wildman–Crippen MR) is 63.0 cm³/mol. The highest BCUT2D eigenvalue weighted by Crippen LogP contribution is 2.24. The lowest BCUT2D eigenvalue weighted by Gasteiger charge is -2.30. The van der Waals surface area contributed by atoms with Crippen molar-refractivity contribution < 1.29 is 13.2 Å². The summed E-state index contributed by atoms with van der Waals surface area (Å²) in [7, 11) is 0. The van der Waals surface area contributed by atoms with E-state index in [1.807, 2.05) is 4.90 Å². The standard InChI is InChI=1S/C12H23F3N2/c1-3-5-11-9-17(7-4-6-16-11)10(2)8-12(13,14)15/h10-11,16H,3-9H2,1-2H3. The van der Waals surface area contributed by atoms with E-state index in [4.69, 9.17) is 0 Å². The van der Waals surface area contributed by atoms with Crippen LogP contribution in [0, 0.1) is 0 Å². The van der Waals surface area contributed by atoms with Crippen LogP contribution in [0.3, 0.4) is 0 Å². The summed E-state index contributed by atoms with van der Waals surface area (Å²) >= 11 is 0. The Morgan fingerprint density at radius 3 is 2.71 bits per heavy atom. The molecule has 102 valence electrons. The fraction of sp³-hybridized carbons (Fsp3) is 1.00. The number of alkyl halides is 3. The largest absolute Gasteiger partial charge is 0.390 e. The Bertz CT molecular complexity index is 218. The van der Waals surface area contributed by atoms with E-state index in [1.54, 1.807) is 6.92 Å². The van der Waals surface area contributed by atoms with Crippen LogP contribution in [0.5, 0.6) is 0 Å². The van der Waals surface area contributed by atoms with Gasteiger partial charge in [0.15, 0.2) is 0 Å². The molecule has 5 heteroatoms. The molecule has 0 aromatic heterocycles. The van der Waals surface area contributed by atoms with Crippen molar-refractivity contribution in [1.82, 2.24) is 10.2 Å². The average molecular weight is 252 g/mol. The van der Waals surface area contributed by atoms with Crippen LogP contribution in [0.1, 0.15) is 39.5 Å². The van der Waals surface area contributed by atoms with Crippen molar-refractivity contribution in [3.05, 3.63) is 0 Å². The van der Waals surface area contributed by atoms with Crippen LogP contribution in [-0.4, -0.2) is 42.8 Å². The van der Waals surface area contributed by atoms with Gasteiger partial charge in [-0.2, -0.15) is 13.2 Å². The third-order valence-corrected chi connectivity index (χ3v) is 3.30. The van der Waals surface area contributed by atoms with Crippen molar-refractivity contribution in [2.24, 2.45) is 0 Å². The molecular formula is C12H23F3N2. The quantitative estimate of drug-likeness (QED) is 0.827. The van der Waals surface area contributed by atoms with E-state index in [-0.39, 0.29) is 0 Å². The second kappa shape index (κ2) is 6.59. The summed E-state index contributed by atoms with van der Waals surface area (Å²) in [6, 6.07) is -0.0626. The molecule has 1 fully saturated rings. The number of rotatable bonds is 4. The van der Waals surface area contributed by atoms with Gasteiger partial charge in [0, 0.05) is 18.6 Å². The molecule has 17 heavy (non-hydrogen) atoms. The maximum absolute atomic E-state index is 12.4. The van der Waals surface area contributed by atoms with Crippen molar-refractivity contribution in [3.8, 4) is 0 Å². The number of halogens is 3. The fourth-order valence-corrected chi connectivity index (χ4v) is 2.43. The van der Waals surface area contributed by atoms with Crippen LogP contribution in [-0.2, 0) is 0 Å². The Balaban J connectivity index is 2.49. The smallest absolute Gasteiger partial charge is 0.313 e. The van der Waals surface area contributed by atoms with Gasteiger partial charge in [0.25, 0.3) is 0 Å². The van der Waals surface area contributed by atoms with E-state index in [2.05, 4.69) is 12.2 Å². The summed E-state index contributed by atoms with van der Waals surface area (Å²) in [5.41, 5.74) is 0. The summed E-state index contributed by atoms with van der Waals surface area (Å²) < 4.78 is 37.1. The van der Waals surface area contributed by atoms with Gasteiger partial charge < -0.3 is 5.32 Å². The minimum Gasteiger partial charge on any atom is -0.313 e. The molecule has 1 saturated heterocycles. The Hall–Kier alpha value is -0.290. The van der Waals surface area contributed by atoms with Gasteiger partial charge in [-0.1, -0.05) is 13.3 Å². The van der Waals surface area contributed by atoms with Crippen LogP contribution >= 0.6 is 0 Å². The van der Waals surface area contributed by atoms with Crippen molar-refractivity contribution >= 4 is 0 Å². The van der Waals surface area contributed by atoms with Gasteiger partial charge >= 0.3 is 6.18 Å². The predicted octanol–water partition coefficient (Wildman–Crippen LogP) is 2.79. The highest BCUT2D eigenvalue weighted by molar-refractivity contribution is 4.80. The molecule has 0 radical (unpaired) electrons. The Kier molecular flexibility index (Phi) is 5.73. The number of nitrogens with zero attached hydrogens (tertiary/aromatic N) is 1. The zero-order valence-electron chi connectivity index (χ0n) is 10.7. The third kappa shape index (κ3) is 5.73. The molecule has 2 nitrogen and oxygen atoms in total. The first-order valence-electron chi connectivity index (χ1n) is 6.46. The van der Waals surface area contributed by atoms with Crippen molar-refractivity contribution in [3.63, 3.8) is 0 Å². The molecular weight excluding hydrogens is 229 g/mol. The highest BCUT2D eigenvalue weighted by Gasteiger charge is 2.33. The van der Waals surface area contributed by atoms with E-state index in [9.17, 15) is 13.2 Å². The summed E-state index contributed by atoms with van der Waals surface area (Å²) in [6.45, 7) is 6.22. The van der Waals surface area contributed by atoms with Crippen LogP contribution < -0.4 is 5.32 Å². The molecule has 0 aromatic carbocycles. The molecule has 0 amide bonds. The second-order valence-electron chi connectivity index (χ2n) is 4.96. The topological polar surface area (TPSA) is 15.3 Å². The minimum absolute atomic E-state index is 0.346. The Morgan fingerprint density at radius 2 is 2.12 bits per heavy atom. The zero-order valence-corrected chi connectivity index (χ0v) is 10.7. The number of hydrogen-bond donors (Lipinski definition) is 1. The molecule has 1 aliphatic rings. The maximum Gasteiger partial charge on any atom is 0.390 e. The summed E-state index contributed by atoms with van der Waals surface area (Å²) in [4.78, 5) is 1.98. The van der Waals surface area contributed by atoms with Gasteiger partial charge in [-0.3, -0.25) is 4.90 Å². The van der Waals surface area contributed by atoms with E-state index in [0.29, 0.717) is 6.04 Å². The van der Waals surface area contributed by atoms with Crippen molar-refractivity contribution in [1.29, 1.82) is 0 Å². The van der Waals surface area contributed by atoms with Gasteiger partial charge in [0.05, 0.1) is 6.42 Å². The molecule has 1 aliphatic heterocycles. The summed E-state index contributed by atoms with van der Waals surface area (Å²) in [5.74, 6) is 0. The molecule has 0 spiro atoms. The summed E-state index contributed by atoms with van der Waals surface area (Å²) in [6.07, 6.45) is -1.72. The Labute approximate surface area is 102 Å². The first-order valence-corrected chi connectivity index (χ1v) is 6.46. The molecule has 1 heterocycles. The lowest BCUT2D eigenvalue weighted by molar-refractivity contribution is -0.146. The van der Waals surface area contributed by atoms with Gasteiger partial charge in [-0.15, -0.1) is 0 Å². The first-order chi connectivity index (χ1) is 7.92. The van der Waals surface area contributed by atoms with Gasteiger partial charge in [-0.05, 0) is 32.9 Å². The van der Waals surface area contributed by atoms with Gasteiger partial charge in [0.2, 0.25) is 0 Å². The normalized spacial score (nSPS) is 25.6. The zero-order chi connectivity index (χ0) is 12.9. The average Bonchev–Trinajstić information content (AvgIpc) is 2.41. The maximum atomic E-state index is 12.4. The monoisotopic (exact) mass is 252 g/mol. The number of hydrogen-bond acceptors (Lipinski definition) is 2.